The summed E-state index contributed by atoms with van der Waals surface area (Å²) in [7, 11) is 1.74. The molecule has 0 saturated carbocycles. The summed E-state index contributed by atoms with van der Waals surface area (Å²) >= 11 is 0. The molecule has 0 heterocycles. The Labute approximate surface area is 130 Å². The lowest BCUT2D eigenvalue weighted by Crippen LogP contribution is -2.26. The molecule has 0 aliphatic rings. The summed E-state index contributed by atoms with van der Waals surface area (Å²) in [5.74, 6) is 1.56. The molecule has 0 bridgehead atoms. The Morgan fingerprint density at radius 1 is 1.19 bits per heavy atom. The molecule has 0 saturated heterocycles. The Kier molecular flexibility index (Phi) is 9.11. The van der Waals surface area contributed by atoms with Crippen molar-refractivity contribution in [3.63, 3.8) is 0 Å². The number of hydrogen-bond acceptors (Lipinski definition) is 3. The van der Waals surface area contributed by atoms with Gasteiger partial charge in [-0.2, -0.15) is 0 Å². The summed E-state index contributed by atoms with van der Waals surface area (Å²) in [5, 5.41) is 3.53. The summed E-state index contributed by atoms with van der Waals surface area (Å²) in [6, 6.07) is 8.30. The van der Waals surface area contributed by atoms with Crippen LogP contribution in [-0.2, 0) is 11.2 Å². The Hall–Kier alpha value is -1.06. The van der Waals surface area contributed by atoms with Crippen molar-refractivity contribution in [2.24, 2.45) is 5.92 Å². The van der Waals surface area contributed by atoms with Crippen LogP contribution < -0.4 is 10.1 Å². The van der Waals surface area contributed by atoms with Crippen LogP contribution in [0.3, 0.4) is 0 Å². The molecule has 3 nitrogen and oxygen atoms in total. The largest absolute Gasteiger partial charge is 0.496 e. The first-order chi connectivity index (χ1) is 10.2. The molecule has 21 heavy (non-hydrogen) atoms. The second-order valence-corrected chi connectivity index (χ2v) is 5.79. The molecular formula is C18H31NO2. The van der Waals surface area contributed by atoms with Gasteiger partial charge in [-0.15, -0.1) is 0 Å². The van der Waals surface area contributed by atoms with Gasteiger partial charge >= 0.3 is 0 Å². The molecule has 1 aromatic carbocycles. The first-order valence-corrected chi connectivity index (χ1v) is 8.11. The minimum atomic E-state index is 0.306. The van der Waals surface area contributed by atoms with E-state index < -0.39 is 0 Å². The van der Waals surface area contributed by atoms with Gasteiger partial charge in [-0.25, -0.2) is 0 Å². The fourth-order valence-corrected chi connectivity index (χ4v) is 2.41. The fourth-order valence-electron chi connectivity index (χ4n) is 2.41. The number of ether oxygens (including phenoxy) is 2. The highest BCUT2D eigenvalue weighted by Crippen LogP contribution is 2.22. The van der Waals surface area contributed by atoms with E-state index in [9.17, 15) is 0 Å². The maximum absolute atomic E-state index is 5.71. The normalized spacial score (nSPS) is 12.6. The van der Waals surface area contributed by atoms with Crippen LogP contribution >= 0.6 is 0 Å². The molecule has 0 aliphatic carbocycles. The number of nitrogens with one attached hydrogen (secondary N) is 1. The van der Waals surface area contributed by atoms with Gasteiger partial charge in [0.25, 0.3) is 0 Å². The molecule has 3 heteroatoms. The standard InChI is InChI=1S/C18H31NO2/c1-5-11-19-14-16(10-12-21-15(2)3)13-17-8-6-7-9-18(17)20-4/h6-9,15-16,19H,5,10-14H2,1-4H3. The monoisotopic (exact) mass is 293 g/mol. The van der Waals surface area contributed by atoms with Crippen molar-refractivity contribution in [3.8, 4) is 5.75 Å². The van der Waals surface area contributed by atoms with Crippen LogP contribution in [0.2, 0.25) is 0 Å². The topological polar surface area (TPSA) is 30.5 Å². The van der Waals surface area contributed by atoms with E-state index in [4.69, 9.17) is 9.47 Å². The molecule has 0 aromatic heterocycles. The molecule has 0 spiro atoms. The van der Waals surface area contributed by atoms with Crippen LogP contribution in [0.15, 0.2) is 24.3 Å². The van der Waals surface area contributed by atoms with Crippen LogP contribution in [-0.4, -0.2) is 32.9 Å². The Morgan fingerprint density at radius 2 is 1.95 bits per heavy atom. The lowest BCUT2D eigenvalue weighted by atomic mass is 9.95. The zero-order chi connectivity index (χ0) is 15.5. The second kappa shape index (κ2) is 10.6. The average molecular weight is 293 g/mol. The highest BCUT2D eigenvalue weighted by atomic mass is 16.5. The summed E-state index contributed by atoms with van der Waals surface area (Å²) in [6.07, 6.45) is 3.58. The number of hydrogen-bond donors (Lipinski definition) is 1. The summed E-state index contributed by atoms with van der Waals surface area (Å²) in [6.45, 7) is 9.31. The van der Waals surface area contributed by atoms with E-state index in [1.807, 2.05) is 12.1 Å². The van der Waals surface area contributed by atoms with Gasteiger partial charge in [-0.1, -0.05) is 25.1 Å². The van der Waals surface area contributed by atoms with Gasteiger partial charge in [0.1, 0.15) is 5.75 Å². The maximum Gasteiger partial charge on any atom is 0.122 e. The van der Waals surface area contributed by atoms with E-state index in [0.29, 0.717) is 12.0 Å². The molecule has 0 amide bonds. The zero-order valence-electron chi connectivity index (χ0n) is 14.0. The van der Waals surface area contributed by atoms with E-state index in [2.05, 4.69) is 38.2 Å². The first-order valence-electron chi connectivity index (χ1n) is 8.11. The van der Waals surface area contributed by atoms with Gasteiger partial charge in [0.05, 0.1) is 13.2 Å². The molecule has 120 valence electrons. The second-order valence-electron chi connectivity index (χ2n) is 5.79. The highest BCUT2D eigenvalue weighted by Gasteiger charge is 2.13. The maximum atomic E-state index is 5.71. The van der Waals surface area contributed by atoms with Gasteiger partial charge < -0.3 is 14.8 Å². The quantitative estimate of drug-likeness (QED) is 0.632. The first kappa shape index (κ1) is 18.0. The average Bonchev–Trinajstić information content (AvgIpc) is 2.47. The SMILES string of the molecule is CCCNCC(CCOC(C)C)Cc1ccccc1OC. The molecule has 1 atom stereocenters. The summed E-state index contributed by atoms with van der Waals surface area (Å²) < 4.78 is 11.2. The van der Waals surface area contributed by atoms with E-state index in [1.165, 1.54) is 12.0 Å². The van der Waals surface area contributed by atoms with Gasteiger partial charge in [0.2, 0.25) is 0 Å². The van der Waals surface area contributed by atoms with Crippen LogP contribution in [0.5, 0.6) is 5.75 Å². The van der Waals surface area contributed by atoms with E-state index in [-0.39, 0.29) is 0 Å². The molecule has 1 N–H and O–H groups in total. The van der Waals surface area contributed by atoms with Crippen LogP contribution in [0.4, 0.5) is 0 Å². The Balaban J connectivity index is 2.57. The van der Waals surface area contributed by atoms with Gasteiger partial charge in [0.15, 0.2) is 0 Å². The third kappa shape index (κ3) is 7.49. The molecule has 1 unspecified atom stereocenters. The Bertz CT molecular complexity index is 379. The van der Waals surface area contributed by atoms with Crippen molar-refractivity contribution in [1.29, 1.82) is 0 Å². The molecular weight excluding hydrogens is 262 g/mol. The Morgan fingerprint density at radius 3 is 2.62 bits per heavy atom. The molecule has 1 rings (SSSR count). The number of rotatable bonds is 11. The number of para-hydroxylation sites is 1. The van der Waals surface area contributed by atoms with Crippen molar-refractivity contribution >= 4 is 0 Å². The van der Waals surface area contributed by atoms with Crippen molar-refractivity contribution in [1.82, 2.24) is 5.32 Å². The van der Waals surface area contributed by atoms with Gasteiger partial charge in [-0.3, -0.25) is 0 Å². The minimum absolute atomic E-state index is 0.306. The molecule has 0 aliphatic heterocycles. The summed E-state index contributed by atoms with van der Waals surface area (Å²) in [5.41, 5.74) is 1.29. The van der Waals surface area contributed by atoms with E-state index in [0.717, 1.165) is 38.3 Å². The van der Waals surface area contributed by atoms with Crippen molar-refractivity contribution in [2.75, 3.05) is 26.8 Å². The van der Waals surface area contributed by atoms with E-state index >= 15 is 0 Å². The zero-order valence-corrected chi connectivity index (χ0v) is 14.0. The number of benzene rings is 1. The molecule has 0 fully saturated rings. The third-order valence-corrected chi connectivity index (χ3v) is 3.54. The smallest absolute Gasteiger partial charge is 0.122 e. The van der Waals surface area contributed by atoms with Crippen molar-refractivity contribution in [3.05, 3.63) is 29.8 Å². The van der Waals surface area contributed by atoms with E-state index in [1.54, 1.807) is 7.11 Å². The van der Waals surface area contributed by atoms with Crippen LogP contribution in [0.1, 0.15) is 39.2 Å². The number of methoxy groups -OCH3 is 1. The van der Waals surface area contributed by atoms with Crippen LogP contribution in [0.25, 0.3) is 0 Å². The predicted octanol–water partition coefficient (Wildman–Crippen LogP) is 3.67. The van der Waals surface area contributed by atoms with Crippen LogP contribution in [0, 0.1) is 5.92 Å². The summed E-state index contributed by atoms with van der Waals surface area (Å²) in [4.78, 5) is 0. The fraction of sp³-hybridized carbons (Fsp3) is 0.667. The van der Waals surface area contributed by atoms with Crippen molar-refractivity contribution < 1.29 is 9.47 Å². The van der Waals surface area contributed by atoms with Gasteiger partial charge in [0, 0.05) is 6.61 Å². The van der Waals surface area contributed by atoms with Gasteiger partial charge in [-0.05, 0) is 63.7 Å². The third-order valence-electron chi connectivity index (χ3n) is 3.54. The molecule has 1 aromatic rings. The predicted molar refractivity (Wildman–Crippen MR) is 89.1 cm³/mol. The lowest BCUT2D eigenvalue weighted by Gasteiger charge is -2.20. The minimum Gasteiger partial charge on any atom is -0.496 e. The molecule has 0 radical (unpaired) electrons. The van der Waals surface area contributed by atoms with Crippen molar-refractivity contribution in [2.45, 2.75) is 46.1 Å². The highest BCUT2D eigenvalue weighted by molar-refractivity contribution is 5.33. The lowest BCUT2D eigenvalue weighted by molar-refractivity contribution is 0.0682.